The number of methoxy groups -OCH3 is 1. The van der Waals surface area contributed by atoms with Crippen LogP contribution in [0.3, 0.4) is 0 Å². The number of anilines is 1. The molecule has 0 N–H and O–H groups in total. The van der Waals surface area contributed by atoms with Gasteiger partial charge in [0, 0.05) is 25.4 Å². The number of rotatable bonds is 5. The average molecular weight is 317 g/mol. The first-order valence-electron chi connectivity index (χ1n) is 7.72. The van der Waals surface area contributed by atoms with Gasteiger partial charge in [-0.3, -0.25) is 0 Å². The van der Waals surface area contributed by atoms with E-state index in [4.69, 9.17) is 9.47 Å². The van der Waals surface area contributed by atoms with Crippen molar-refractivity contribution in [2.24, 2.45) is 0 Å². The molecule has 122 valence electrons. The second-order valence-electron chi connectivity index (χ2n) is 5.52. The molecule has 1 aliphatic rings. The molecule has 0 atom stereocenters. The van der Waals surface area contributed by atoms with Gasteiger partial charge in [0.15, 0.2) is 0 Å². The molecule has 1 fully saturated rings. The summed E-state index contributed by atoms with van der Waals surface area (Å²) in [5.41, 5.74) is 0.991. The Balaban J connectivity index is 1.49. The molecule has 1 aliphatic heterocycles. The Kier molecular flexibility index (Phi) is 5.02. The van der Waals surface area contributed by atoms with Gasteiger partial charge in [-0.2, -0.15) is 4.98 Å². The summed E-state index contributed by atoms with van der Waals surface area (Å²) in [6, 6.07) is 8.17. The van der Waals surface area contributed by atoms with Crippen LogP contribution in [-0.4, -0.2) is 36.3 Å². The Hall–Kier alpha value is -2.21. The third-order valence-corrected chi connectivity index (χ3v) is 3.95. The van der Waals surface area contributed by atoms with Crippen LogP contribution in [-0.2, 0) is 11.3 Å². The van der Waals surface area contributed by atoms with Crippen LogP contribution in [0.25, 0.3) is 0 Å². The number of halogens is 1. The van der Waals surface area contributed by atoms with Crippen LogP contribution in [0.4, 0.5) is 10.3 Å². The molecule has 1 saturated heterocycles. The molecule has 2 aromatic rings. The van der Waals surface area contributed by atoms with Crippen molar-refractivity contribution in [1.29, 1.82) is 0 Å². The van der Waals surface area contributed by atoms with Crippen molar-refractivity contribution >= 4 is 5.95 Å². The molecule has 5 nitrogen and oxygen atoms in total. The maximum absolute atomic E-state index is 12.9. The fourth-order valence-electron chi connectivity index (χ4n) is 2.62. The first-order valence-corrected chi connectivity index (χ1v) is 7.72. The van der Waals surface area contributed by atoms with Gasteiger partial charge in [0.05, 0.1) is 19.8 Å². The smallest absolute Gasteiger partial charge is 0.228 e. The lowest BCUT2D eigenvalue weighted by molar-refractivity contribution is 0.0249. The maximum atomic E-state index is 12.9. The lowest BCUT2D eigenvalue weighted by Crippen LogP contribution is -2.38. The van der Waals surface area contributed by atoms with E-state index in [9.17, 15) is 4.39 Å². The zero-order valence-electron chi connectivity index (χ0n) is 13.1. The Labute approximate surface area is 135 Å². The fourth-order valence-corrected chi connectivity index (χ4v) is 2.62. The second kappa shape index (κ2) is 7.37. The van der Waals surface area contributed by atoms with Crippen molar-refractivity contribution in [1.82, 2.24) is 9.97 Å². The van der Waals surface area contributed by atoms with Gasteiger partial charge in [0.2, 0.25) is 11.8 Å². The van der Waals surface area contributed by atoms with Crippen molar-refractivity contribution in [2.45, 2.75) is 25.6 Å². The number of nitrogens with zero attached hydrogens (tertiary/aromatic N) is 3. The van der Waals surface area contributed by atoms with E-state index >= 15 is 0 Å². The zero-order valence-corrected chi connectivity index (χ0v) is 13.1. The number of ether oxygens (including phenoxy) is 2. The largest absolute Gasteiger partial charge is 0.481 e. The highest BCUT2D eigenvalue weighted by Crippen LogP contribution is 2.20. The first kappa shape index (κ1) is 15.7. The lowest BCUT2D eigenvalue weighted by atomic mass is 10.1. The summed E-state index contributed by atoms with van der Waals surface area (Å²) in [5.74, 6) is 1.05. The summed E-state index contributed by atoms with van der Waals surface area (Å²) < 4.78 is 23.9. The Morgan fingerprint density at radius 1 is 1.17 bits per heavy atom. The molecule has 0 bridgehead atoms. The van der Waals surface area contributed by atoms with Gasteiger partial charge >= 0.3 is 0 Å². The van der Waals surface area contributed by atoms with E-state index in [1.807, 2.05) is 0 Å². The molecule has 0 amide bonds. The molecule has 0 unspecified atom stereocenters. The van der Waals surface area contributed by atoms with Gasteiger partial charge in [-0.15, -0.1) is 0 Å². The van der Waals surface area contributed by atoms with Gasteiger partial charge in [0.1, 0.15) is 5.82 Å². The molecular formula is C17H20FN3O2. The molecule has 0 radical (unpaired) electrons. The maximum Gasteiger partial charge on any atom is 0.228 e. The lowest BCUT2D eigenvalue weighted by Gasteiger charge is -2.32. The van der Waals surface area contributed by atoms with Gasteiger partial charge in [-0.05, 0) is 30.5 Å². The number of hydrogen-bond donors (Lipinski definition) is 0. The van der Waals surface area contributed by atoms with Crippen LogP contribution in [0, 0.1) is 5.82 Å². The second-order valence-corrected chi connectivity index (χ2v) is 5.52. The van der Waals surface area contributed by atoms with Crippen molar-refractivity contribution in [2.75, 3.05) is 25.1 Å². The minimum atomic E-state index is -0.222. The molecular weight excluding hydrogens is 297 g/mol. The number of aromatic nitrogens is 2. The molecule has 0 spiro atoms. The predicted octanol–water partition coefficient (Wildman–Crippen LogP) is 2.81. The third-order valence-electron chi connectivity index (χ3n) is 3.95. The Bertz CT molecular complexity index is 628. The summed E-state index contributed by atoms with van der Waals surface area (Å²) in [5, 5.41) is 0. The van der Waals surface area contributed by atoms with Crippen molar-refractivity contribution < 1.29 is 13.9 Å². The van der Waals surface area contributed by atoms with Crippen molar-refractivity contribution in [3.63, 3.8) is 0 Å². The minimum absolute atomic E-state index is 0.210. The summed E-state index contributed by atoms with van der Waals surface area (Å²) in [4.78, 5) is 10.8. The molecule has 1 aromatic heterocycles. The standard InChI is InChI=1S/C17H20FN3O2/c1-22-16-6-9-19-17(20-16)21-10-7-15(8-11-21)23-12-13-2-4-14(18)5-3-13/h2-6,9,15H,7-8,10-12H2,1H3. The third kappa shape index (κ3) is 4.16. The summed E-state index contributed by atoms with van der Waals surface area (Å²) >= 11 is 0. The van der Waals surface area contributed by atoms with E-state index in [1.165, 1.54) is 12.1 Å². The van der Waals surface area contributed by atoms with E-state index in [0.717, 1.165) is 31.5 Å². The molecule has 3 rings (SSSR count). The van der Waals surface area contributed by atoms with E-state index in [1.54, 1.807) is 31.5 Å². The summed E-state index contributed by atoms with van der Waals surface area (Å²) in [6.07, 6.45) is 3.75. The first-order chi connectivity index (χ1) is 11.2. The predicted molar refractivity (Wildman–Crippen MR) is 85.0 cm³/mol. The average Bonchev–Trinajstić information content (AvgIpc) is 2.62. The van der Waals surface area contributed by atoms with Crippen molar-refractivity contribution in [3.8, 4) is 5.88 Å². The number of benzene rings is 1. The highest BCUT2D eigenvalue weighted by Gasteiger charge is 2.21. The SMILES string of the molecule is COc1ccnc(N2CCC(OCc3ccc(F)cc3)CC2)n1. The Morgan fingerprint density at radius 3 is 2.61 bits per heavy atom. The molecule has 6 heteroatoms. The fraction of sp³-hybridized carbons (Fsp3) is 0.412. The summed E-state index contributed by atoms with van der Waals surface area (Å²) in [7, 11) is 1.60. The van der Waals surface area contributed by atoms with E-state index in [0.29, 0.717) is 18.4 Å². The van der Waals surface area contributed by atoms with Crippen LogP contribution in [0.15, 0.2) is 36.5 Å². The molecule has 2 heterocycles. The quantitative estimate of drug-likeness (QED) is 0.848. The molecule has 0 saturated carbocycles. The number of hydrogen-bond acceptors (Lipinski definition) is 5. The molecule has 23 heavy (non-hydrogen) atoms. The molecule has 0 aliphatic carbocycles. The topological polar surface area (TPSA) is 47.5 Å². The normalized spacial score (nSPS) is 15.7. The van der Waals surface area contributed by atoms with Gasteiger partial charge in [-0.25, -0.2) is 9.37 Å². The molecule has 1 aromatic carbocycles. The van der Waals surface area contributed by atoms with Gasteiger partial charge in [0.25, 0.3) is 0 Å². The van der Waals surface area contributed by atoms with Crippen LogP contribution in [0.1, 0.15) is 18.4 Å². The van der Waals surface area contributed by atoms with Gasteiger partial charge < -0.3 is 14.4 Å². The van der Waals surface area contributed by atoms with Crippen LogP contribution in [0.2, 0.25) is 0 Å². The van der Waals surface area contributed by atoms with Crippen molar-refractivity contribution in [3.05, 3.63) is 47.9 Å². The summed E-state index contributed by atoms with van der Waals surface area (Å²) in [6.45, 7) is 2.21. The van der Waals surface area contributed by atoms with Crippen LogP contribution >= 0.6 is 0 Å². The van der Waals surface area contributed by atoms with Crippen LogP contribution in [0.5, 0.6) is 5.88 Å². The van der Waals surface area contributed by atoms with E-state index < -0.39 is 0 Å². The van der Waals surface area contributed by atoms with Crippen LogP contribution < -0.4 is 9.64 Å². The minimum Gasteiger partial charge on any atom is -0.481 e. The van der Waals surface area contributed by atoms with E-state index in [2.05, 4.69) is 14.9 Å². The highest BCUT2D eigenvalue weighted by molar-refractivity contribution is 5.32. The monoisotopic (exact) mass is 317 g/mol. The van der Waals surface area contributed by atoms with Gasteiger partial charge in [-0.1, -0.05) is 12.1 Å². The highest BCUT2D eigenvalue weighted by atomic mass is 19.1. The van der Waals surface area contributed by atoms with E-state index in [-0.39, 0.29) is 11.9 Å². The zero-order chi connectivity index (χ0) is 16.1. The number of piperidine rings is 1. The Morgan fingerprint density at radius 2 is 1.91 bits per heavy atom.